The van der Waals surface area contributed by atoms with E-state index in [9.17, 15) is 9.18 Å². The molecule has 0 aromatic heterocycles. The Morgan fingerprint density at radius 3 is 2.79 bits per heavy atom. The van der Waals surface area contributed by atoms with Crippen molar-refractivity contribution in [1.82, 2.24) is 0 Å². The standard InChI is InChI=1S/C10H11ClFNO/c1-2-9(6-14)13-10-4-7(11)3-8(12)5-10/h3-6,9,13H,2H2,1H3. The second-order valence-electron chi connectivity index (χ2n) is 2.95. The van der Waals surface area contributed by atoms with Crippen LogP contribution in [-0.2, 0) is 4.79 Å². The third-order valence-electron chi connectivity index (χ3n) is 1.82. The van der Waals surface area contributed by atoms with Gasteiger partial charge in [0, 0.05) is 10.7 Å². The van der Waals surface area contributed by atoms with Crippen LogP contribution in [0.3, 0.4) is 0 Å². The van der Waals surface area contributed by atoms with E-state index in [4.69, 9.17) is 11.6 Å². The smallest absolute Gasteiger partial charge is 0.142 e. The number of carbonyl (C=O) groups excluding carboxylic acids is 1. The molecule has 1 atom stereocenters. The van der Waals surface area contributed by atoms with Gasteiger partial charge in [-0.25, -0.2) is 4.39 Å². The van der Waals surface area contributed by atoms with Crippen molar-refractivity contribution in [1.29, 1.82) is 0 Å². The van der Waals surface area contributed by atoms with Crippen molar-refractivity contribution in [3.05, 3.63) is 29.0 Å². The normalized spacial score (nSPS) is 12.2. The zero-order chi connectivity index (χ0) is 10.6. The average molecular weight is 216 g/mol. The van der Waals surface area contributed by atoms with E-state index in [2.05, 4.69) is 5.32 Å². The van der Waals surface area contributed by atoms with Crippen molar-refractivity contribution >= 4 is 23.6 Å². The first-order valence-electron chi connectivity index (χ1n) is 4.33. The van der Waals surface area contributed by atoms with Crippen LogP contribution >= 0.6 is 11.6 Å². The van der Waals surface area contributed by atoms with Crippen LogP contribution in [0.15, 0.2) is 18.2 Å². The summed E-state index contributed by atoms with van der Waals surface area (Å²) in [6, 6.07) is 3.80. The van der Waals surface area contributed by atoms with Gasteiger partial charge in [-0.15, -0.1) is 0 Å². The van der Waals surface area contributed by atoms with Gasteiger partial charge < -0.3 is 10.1 Å². The van der Waals surface area contributed by atoms with E-state index in [1.807, 2.05) is 6.92 Å². The first kappa shape index (κ1) is 11.0. The Morgan fingerprint density at radius 2 is 2.29 bits per heavy atom. The Kier molecular flexibility index (Phi) is 3.89. The molecule has 0 fully saturated rings. The minimum atomic E-state index is -0.416. The lowest BCUT2D eigenvalue weighted by Gasteiger charge is -2.11. The van der Waals surface area contributed by atoms with E-state index < -0.39 is 5.82 Å². The van der Waals surface area contributed by atoms with Crippen LogP contribution in [0.5, 0.6) is 0 Å². The third-order valence-corrected chi connectivity index (χ3v) is 2.04. The summed E-state index contributed by atoms with van der Waals surface area (Å²) in [5.41, 5.74) is 0.522. The van der Waals surface area contributed by atoms with Crippen LogP contribution in [0.2, 0.25) is 5.02 Å². The number of hydrogen-bond acceptors (Lipinski definition) is 2. The third kappa shape index (κ3) is 3.00. The van der Waals surface area contributed by atoms with E-state index in [1.54, 1.807) is 6.07 Å². The first-order valence-corrected chi connectivity index (χ1v) is 4.71. The minimum absolute atomic E-state index is 0.298. The first-order chi connectivity index (χ1) is 6.65. The number of benzene rings is 1. The predicted molar refractivity (Wildman–Crippen MR) is 55.2 cm³/mol. The van der Waals surface area contributed by atoms with Crippen molar-refractivity contribution in [3.63, 3.8) is 0 Å². The molecule has 1 N–H and O–H groups in total. The molecule has 0 amide bonds. The highest BCUT2D eigenvalue weighted by Gasteiger charge is 2.05. The van der Waals surface area contributed by atoms with Crippen molar-refractivity contribution in [3.8, 4) is 0 Å². The van der Waals surface area contributed by atoms with Crippen molar-refractivity contribution in [2.75, 3.05) is 5.32 Å². The average Bonchev–Trinajstić information content (AvgIpc) is 2.12. The Bertz CT molecular complexity index is 310. The topological polar surface area (TPSA) is 29.1 Å². The number of hydrogen-bond donors (Lipinski definition) is 1. The number of nitrogens with one attached hydrogen (secondary N) is 1. The summed E-state index contributed by atoms with van der Waals surface area (Å²) in [5, 5.41) is 3.18. The van der Waals surface area contributed by atoms with Gasteiger partial charge in [0.2, 0.25) is 0 Å². The van der Waals surface area contributed by atoms with Gasteiger partial charge in [0.05, 0.1) is 6.04 Å². The van der Waals surface area contributed by atoms with Crippen LogP contribution < -0.4 is 5.32 Å². The van der Waals surface area contributed by atoms with Gasteiger partial charge in [-0.1, -0.05) is 18.5 Å². The largest absolute Gasteiger partial charge is 0.375 e. The molecule has 2 nitrogen and oxygen atoms in total. The van der Waals surface area contributed by atoms with Crippen molar-refractivity contribution in [2.24, 2.45) is 0 Å². The zero-order valence-corrected chi connectivity index (χ0v) is 8.51. The molecule has 0 bridgehead atoms. The molecule has 0 saturated heterocycles. The van der Waals surface area contributed by atoms with E-state index >= 15 is 0 Å². The van der Waals surface area contributed by atoms with E-state index in [0.717, 1.165) is 6.29 Å². The molecule has 0 aliphatic rings. The number of halogens is 2. The monoisotopic (exact) mass is 215 g/mol. The van der Waals surface area contributed by atoms with Crippen LogP contribution in [0.4, 0.5) is 10.1 Å². The Labute approximate surface area is 87.1 Å². The summed E-state index contributed by atoms with van der Waals surface area (Å²) in [7, 11) is 0. The SMILES string of the molecule is CCC(C=O)Nc1cc(F)cc(Cl)c1. The van der Waals surface area contributed by atoms with Gasteiger partial charge >= 0.3 is 0 Å². The number of aldehydes is 1. The molecule has 0 aliphatic carbocycles. The maximum absolute atomic E-state index is 12.9. The molecule has 14 heavy (non-hydrogen) atoms. The highest BCUT2D eigenvalue weighted by Crippen LogP contribution is 2.18. The van der Waals surface area contributed by atoms with Gasteiger partial charge in [0.15, 0.2) is 0 Å². The molecule has 0 radical (unpaired) electrons. The molecule has 0 spiro atoms. The summed E-state index contributed by atoms with van der Waals surface area (Å²) < 4.78 is 12.9. The quantitative estimate of drug-likeness (QED) is 0.783. The van der Waals surface area contributed by atoms with Gasteiger partial charge in [-0.05, 0) is 24.6 Å². The molecule has 0 saturated carbocycles. The van der Waals surface area contributed by atoms with Gasteiger partial charge in [0.25, 0.3) is 0 Å². The minimum Gasteiger partial charge on any atom is -0.375 e. The highest BCUT2D eigenvalue weighted by atomic mass is 35.5. The molecular weight excluding hydrogens is 205 g/mol. The summed E-state index contributed by atoms with van der Waals surface area (Å²) in [5.74, 6) is -0.416. The number of carbonyl (C=O) groups is 1. The summed E-state index contributed by atoms with van der Waals surface area (Å²) in [6.45, 7) is 1.87. The van der Waals surface area contributed by atoms with Crippen LogP contribution in [-0.4, -0.2) is 12.3 Å². The van der Waals surface area contributed by atoms with E-state index in [1.165, 1.54) is 12.1 Å². The Hall–Kier alpha value is -1.09. The summed E-state index contributed by atoms with van der Waals surface area (Å²) >= 11 is 5.65. The number of anilines is 1. The van der Waals surface area contributed by atoms with Crippen molar-refractivity contribution < 1.29 is 9.18 Å². The number of rotatable bonds is 4. The maximum Gasteiger partial charge on any atom is 0.142 e. The van der Waals surface area contributed by atoms with Crippen molar-refractivity contribution in [2.45, 2.75) is 19.4 Å². The Balaban J connectivity index is 2.80. The second kappa shape index (κ2) is 4.96. The predicted octanol–water partition coefficient (Wildman–Crippen LogP) is 2.87. The fraction of sp³-hybridized carbons (Fsp3) is 0.300. The van der Waals surface area contributed by atoms with Crippen LogP contribution in [0.1, 0.15) is 13.3 Å². The molecule has 1 rings (SSSR count). The fourth-order valence-corrected chi connectivity index (χ4v) is 1.31. The molecular formula is C10H11ClFNO. The zero-order valence-electron chi connectivity index (χ0n) is 7.76. The maximum atomic E-state index is 12.9. The molecule has 76 valence electrons. The molecule has 1 aromatic rings. The lowest BCUT2D eigenvalue weighted by molar-refractivity contribution is -0.108. The molecule has 0 aliphatic heterocycles. The molecule has 1 unspecified atom stereocenters. The highest BCUT2D eigenvalue weighted by molar-refractivity contribution is 6.30. The van der Waals surface area contributed by atoms with Gasteiger partial charge in [-0.3, -0.25) is 0 Å². The summed E-state index contributed by atoms with van der Waals surface area (Å²) in [6.07, 6.45) is 1.44. The van der Waals surface area contributed by atoms with Crippen LogP contribution in [0.25, 0.3) is 0 Å². The molecule has 0 heterocycles. The van der Waals surface area contributed by atoms with Crippen LogP contribution in [0, 0.1) is 5.82 Å². The van der Waals surface area contributed by atoms with Gasteiger partial charge in [-0.2, -0.15) is 0 Å². The van der Waals surface area contributed by atoms with E-state index in [-0.39, 0.29) is 6.04 Å². The fourth-order valence-electron chi connectivity index (χ4n) is 1.08. The summed E-state index contributed by atoms with van der Waals surface area (Å²) in [4.78, 5) is 10.5. The van der Waals surface area contributed by atoms with E-state index in [0.29, 0.717) is 17.1 Å². The second-order valence-corrected chi connectivity index (χ2v) is 3.39. The molecule has 4 heteroatoms. The lowest BCUT2D eigenvalue weighted by Crippen LogP contribution is -2.19. The molecule has 1 aromatic carbocycles. The lowest BCUT2D eigenvalue weighted by atomic mass is 10.2. The van der Waals surface area contributed by atoms with Gasteiger partial charge in [0.1, 0.15) is 12.1 Å². The Morgan fingerprint density at radius 1 is 1.57 bits per heavy atom.